The molecule has 2 aliphatic heterocycles. The van der Waals surface area contributed by atoms with Gasteiger partial charge >= 0.3 is 0 Å². The Hall–Kier alpha value is -3.22. The van der Waals surface area contributed by atoms with Crippen LogP contribution in [0, 0.1) is 5.82 Å². The Morgan fingerprint density at radius 1 is 1.11 bits per heavy atom. The van der Waals surface area contributed by atoms with Gasteiger partial charge in [0.15, 0.2) is 0 Å². The van der Waals surface area contributed by atoms with Crippen LogP contribution in [-0.4, -0.2) is 34.3 Å². The van der Waals surface area contributed by atoms with Crippen molar-refractivity contribution in [2.75, 3.05) is 10.2 Å². The van der Waals surface area contributed by atoms with Gasteiger partial charge in [-0.1, -0.05) is 12.1 Å². The summed E-state index contributed by atoms with van der Waals surface area (Å²) >= 11 is 0. The predicted molar refractivity (Wildman–Crippen MR) is 102 cm³/mol. The Bertz CT molecular complexity index is 973. The maximum atomic E-state index is 13.5. The largest absolute Gasteiger partial charge is 0.322 e. The summed E-state index contributed by atoms with van der Waals surface area (Å²) in [5.74, 6) is -1.40. The van der Waals surface area contributed by atoms with Crippen LogP contribution < -0.4 is 10.2 Å². The lowest BCUT2D eigenvalue weighted by Gasteiger charge is -2.50. The van der Waals surface area contributed by atoms with Crippen LogP contribution in [0.1, 0.15) is 37.0 Å². The average Bonchev–Trinajstić information content (AvgIpc) is 3.02. The van der Waals surface area contributed by atoms with E-state index < -0.39 is 17.4 Å². The van der Waals surface area contributed by atoms with E-state index in [1.807, 2.05) is 13.8 Å². The molecule has 0 saturated carbocycles. The van der Waals surface area contributed by atoms with Gasteiger partial charge in [-0.05, 0) is 50.2 Å². The van der Waals surface area contributed by atoms with Gasteiger partial charge in [0.05, 0.1) is 11.3 Å². The minimum absolute atomic E-state index is 0.154. The zero-order valence-corrected chi connectivity index (χ0v) is 15.6. The third-order valence-electron chi connectivity index (χ3n) is 5.28. The summed E-state index contributed by atoms with van der Waals surface area (Å²) in [6.45, 7) is 3.64. The number of rotatable bonds is 3. The molecule has 2 aliphatic rings. The highest BCUT2D eigenvalue weighted by molar-refractivity contribution is 6.18. The molecule has 0 aliphatic carbocycles. The number of amides is 3. The van der Waals surface area contributed by atoms with Crippen molar-refractivity contribution in [3.05, 3.63) is 59.9 Å². The average molecular weight is 381 g/mol. The molecule has 4 rings (SSSR count). The zero-order chi connectivity index (χ0) is 20.1. The standard InChI is InChI=1S/C21H20FN3O3/c1-13(2)24-19(27)16-5-3-4-6-17(16)25-18(26)11-12-21(24,25)20(28)23-15-9-7-14(22)8-10-15/h3-10,13H,11-12H2,1-2H3,(H,23,28)/t21-/m0/s1. The van der Waals surface area contributed by atoms with E-state index in [0.29, 0.717) is 16.9 Å². The second kappa shape index (κ2) is 6.44. The first-order chi connectivity index (χ1) is 13.4. The molecular weight excluding hydrogens is 361 g/mol. The fourth-order valence-corrected chi connectivity index (χ4v) is 4.17. The van der Waals surface area contributed by atoms with Gasteiger partial charge in [-0.2, -0.15) is 0 Å². The predicted octanol–water partition coefficient (Wildman–Crippen LogP) is 3.15. The Balaban J connectivity index is 1.85. The summed E-state index contributed by atoms with van der Waals surface area (Å²) in [5, 5.41) is 2.76. The van der Waals surface area contributed by atoms with Gasteiger partial charge < -0.3 is 10.2 Å². The number of nitrogens with zero attached hydrogens (tertiary/aromatic N) is 2. The van der Waals surface area contributed by atoms with E-state index >= 15 is 0 Å². The minimum atomic E-state index is -1.45. The topological polar surface area (TPSA) is 69.7 Å². The molecule has 1 N–H and O–H groups in total. The number of hydrogen-bond acceptors (Lipinski definition) is 3. The Morgan fingerprint density at radius 3 is 2.46 bits per heavy atom. The van der Waals surface area contributed by atoms with Gasteiger partial charge in [-0.25, -0.2) is 4.39 Å². The number of benzene rings is 2. The van der Waals surface area contributed by atoms with Crippen LogP contribution in [0.3, 0.4) is 0 Å². The van der Waals surface area contributed by atoms with E-state index in [2.05, 4.69) is 5.32 Å². The number of anilines is 2. The van der Waals surface area contributed by atoms with Gasteiger partial charge in [0.1, 0.15) is 5.82 Å². The molecule has 1 atom stereocenters. The van der Waals surface area contributed by atoms with E-state index in [0.717, 1.165) is 0 Å². The number of carbonyl (C=O) groups excluding carboxylic acids is 3. The number of hydrogen-bond donors (Lipinski definition) is 1. The Morgan fingerprint density at radius 2 is 1.79 bits per heavy atom. The summed E-state index contributed by atoms with van der Waals surface area (Å²) < 4.78 is 13.2. The van der Waals surface area contributed by atoms with Gasteiger partial charge in [0, 0.05) is 24.6 Å². The van der Waals surface area contributed by atoms with E-state index in [-0.39, 0.29) is 30.7 Å². The van der Waals surface area contributed by atoms with Gasteiger partial charge in [0.2, 0.25) is 11.6 Å². The molecule has 0 radical (unpaired) electrons. The molecule has 1 saturated heterocycles. The number of carbonyl (C=O) groups is 3. The van der Waals surface area contributed by atoms with E-state index in [4.69, 9.17) is 0 Å². The van der Waals surface area contributed by atoms with E-state index in [1.54, 1.807) is 24.3 Å². The van der Waals surface area contributed by atoms with Crippen molar-refractivity contribution in [2.45, 2.75) is 38.4 Å². The van der Waals surface area contributed by atoms with Crippen molar-refractivity contribution >= 4 is 29.1 Å². The summed E-state index contributed by atoms with van der Waals surface area (Å²) in [4.78, 5) is 42.5. The van der Waals surface area contributed by atoms with Crippen LogP contribution in [0.15, 0.2) is 48.5 Å². The molecule has 0 unspecified atom stereocenters. The normalized spacial score (nSPS) is 21.0. The molecule has 0 aromatic heterocycles. The molecular formula is C21H20FN3O3. The fourth-order valence-electron chi connectivity index (χ4n) is 4.17. The van der Waals surface area contributed by atoms with E-state index in [1.165, 1.54) is 34.1 Å². The first-order valence-electron chi connectivity index (χ1n) is 9.19. The van der Waals surface area contributed by atoms with Crippen molar-refractivity contribution in [3.63, 3.8) is 0 Å². The highest BCUT2D eigenvalue weighted by Gasteiger charge is 2.61. The van der Waals surface area contributed by atoms with Crippen molar-refractivity contribution in [1.29, 1.82) is 0 Å². The number of fused-ring (bicyclic) bond motifs is 3. The van der Waals surface area contributed by atoms with Crippen LogP contribution in [0.4, 0.5) is 15.8 Å². The third-order valence-corrected chi connectivity index (χ3v) is 5.28. The van der Waals surface area contributed by atoms with Crippen LogP contribution in [0.5, 0.6) is 0 Å². The molecule has 144 valence electrons. The summed E-state index contributed by atoms with van der Waals surface area (Å²) in [7, 11) is 0. The molecule has 3 amide bonds. The lowest BCUT2D eigenvalue weighted by molar-refractivity contribution is -0.129. The van der Waals surface area contributed by atoms with Crippen LogP contribution >= 0.6 is 0 Å². The highest BCUT2D eigenvalue weighted by atomic mass is 19.1. The first-order valence-corrected chi connectivity index (χ1v) is 9.19. The number of nitrogens with one attached hydrogen (secondary N) is 1. The highest BCUT2D eigenvalue weighted by Crippen LogP contribution is 2.45. The molecule has 2 aromatic rings. The molecule has 2 aromatic carbocycles. The zero-order valence-electron chi connectivity index (χ0n) is 15.6. The van der Waals surface area contributed by atoms with Crippen LogP contribution in [0.25, 0.3) is 0 Å². The Labute approximate surface area is 161 Å². The van der Waals surface area contributed by atoms with Gasteiger partial charge in [-0.15, -0.1) is 0 Å². The second-order valence-corrected chi connectivity index (χ2v) is 7.29. The first kappa shape index (κ1) is 18.2. The molecule has 2 heterocycles. The molecule has 7 heteroatoms. The minimum Gasteiger partial charge on any atom is -0.322 e. The molecule has 6 nitrogen and oxygen atoms in total. The molecule has 0 spiro atoms. The molecule has 1 fully saturated rings. The fraction of sp³-hybridized carbons (Fsp3) is 0.286. The van der Waals surface area contributed by atoms with Crippen molar-refractivity contribution < 1.29 is 18.8 Å². The van der Waals surface area contributed by atoms with Crippen molar-refractivity contribution in [3.8, 4) is 0 Å². The maximum absolute atomic E-state index is 13.5. The van der Waals surface area contributed by atoms with E-state index in [9.17, 15) is 18.8 Å². The third kappa shape index (κ3) is 2.50. The van der Waals surface area contributed by atoms with Crippen molar-refractivity contribution in [1.82, 2.24) is 4.90 Å². The van der Waals surface area contributed by atoms with Gasteiger partial charge in [-0.3, -0.25) is 19.3 Å². The monoisotopic (exact) mass is 381 g/mol. The number of halogens is 1. The quantitative estimate of drug-likeness (QED) is 0.888. The summed E-state index contributed by atoms with van der Waals surface area (Å²) in [6, 6.07) is 11.9. The maximum Gasteiger partial charge on any atom is 0.271 e. The summed E-state index contributed by atoms with van der Waals surface area (Å²) in [6.07, 6.45) is 0.346. The van der Waals surface area contributed by atoms with Gasteiger partial charge in [0.25, 0.3) is 11.8 Å². The molecule has 28 heavy (non-hydrogen) atoms. The van der Waals surface area contributed by atoms with Crippen LogP contribution in [-0.2, 0) is 9.59 Å². The second-order valence-electron chi connectivity index (χ2n) is 7.29. The molecule has 0 bridgehead atoms. The Kier molecular flexibility index (Phi) is 4.18. The number of para-hydroxylation sites is 1. The lowest BCUT2D eigenvalue weighted by Crippen LogP contribution is -2.70. The SMILES string of the molecule is CC(C)N1C(=O)c2ccccc2N2C(=O)CC[C@@]21C(=O)Nc1ccc(F)cc1. The van der Waals surface area contributed by atoms with Crippen molar-refractivity contribution in [2.24, 2.45) is 0 Å². The lowest BCUT2D eigenvalue weighted by atomic mass is 9.94. The summed E-state index contributed by atoms with van der Waals surface area (Å²) in [5.41, 5.74) is -0.210. The van der Waals surface area contributed by atoms with Crippen LogP contribution in [0.2, 0.25) is 0 Å². The smallest absolute Gasteiger partial charge is 0.271 e.